The fraction of sp³-hybridized carbons (Fsp3) is 0.375. The summed E-state index contributed by atoms with van der Waals surface area (Å²) in [6.07, 6.45) is 3.50. The van der Waals surface area contributed by atoms with Crippen molar-refractivity contribution in [3.8, 4) is 5.69 Å². The third-order valence-corrected chi connectivity index (χ3v) is 5.11. The van der Waals surface area contributed by atoms with E-state index in [4.69, 9.17) is 0 Å². The van der Waals surface area contributed by atoms with Gasteiger partial charge in [-0.1, -0.05) is 29.8 Å². The summed E-state index contributed by atoms with van der Waals surface area (Å²) in [7, 11) is 0. The van der Waals surface area contributed by atoms with E-state index in [1.807, 2.05) is 18.2 Å². The van der Waals surface area contributed by atoms with Crippen LogP contribution in [0, 0.1) is 5.41 Å². The molecular weight excluding hydrogens is 382 g/mol. The van der Waals surface area contributed by atoms with Crippen molar-refractivity contribution in [1.82, 2.24) is 4.57 Å². The zero-order valence-corrected chi connectivity index (χ0v) is 14.7. The highest BCUT2D eigenvalue weighted by molar-refractivity contribution is 9.11. The predicted molar refractivity (Wildman–Crippen MR) is 88.2 cm³/mol. The lowest BCUT2D eigenvalue weighted by atomic mass is 9.75. The lowest BCUT2D eigenvalue weighted by Gasteiger charge is -2.34. The van der Waals surface area contributed by atoms with Crippen LogP contribution < -0.4 is 0 Å². The van der Waals surface area contributed by atoms with Crippen LogP contribution in [-0.2, 0) is 6.42 Å². The molecule has 1 aromatic heterocycles. The minimum absolute atomic E-state index is 0.126. The van der Waals surface area contributed by atoms with Crippen LogP contribution in [0.3, 0.4) is 0 Å². The molecule has 4 heteroatoms. The second kappa shape index (κ2) is 5.00. The van der Waals surface area contributed by atoms with Crippen LogP contribution in [0.25, 0.3) is 5.69 Å². The predicted octanol–water partition coefficient (Wildman–Crippen LogP) is 5.01. The largest absolute Gasteiger partial charge is 0.388 e. The zero-order valence-electron chi connectivity index (χ0n) is 11.5. The molecule has 1 heterocycles. The number of hydrogen-bond acceptors (Lipinski definition) is 1. The van der Waals surface area contributed by atoms with Crippen molar-refractivity contribution in [1.29, 1.82) is 0 Å². The van der Waals surface area contributed by atoms with E-state index in [1.165, 1.54) is 5.69 Å². The molecule has 0 spiro atoms. The van der Waals surface area contributed by atoms with Crippen LogP contribution in [0.15, 0.2) is 39.4 Å². The molecule has 1 unspecified atom stereocenters. The van der Waals surface area contributed by atoms with Gasteiger partial charge in [0.05, 0.1) is 11.8 Å². The molecule has 1 N–H and O–H groups in total. The fourth-order valence-corrected chi connectivity index (χ4v) is 3.81. The van der Waals surface area contributed by atoms with E-state index in [-0.39, 0.29) is 11.5 Å². The van der Waals surface area contributed by atoms with E-state index in [9.17, 15) is 5.11 Å². The average molecular weight is 399 g/mol. The quantitative estimate of drug-likeness (QED) is 0.717. The van der Waals surface area contributed by atoms with Crippen molar-refractivity contribution in [2.75, 3.05) is 0 Å². The highest BCUT2D eigenvalue weighted by Gasteiger charge is 2.33. The third kappa shape index (κ3) is 2.49. The molecule has 3 rings (SSSR count). The Hall–Kier alpha value is -0.580. The SMILES string of the molecule is CC1(C)Cc2c(ccn2-c2cc(Br)ccc2Br)C(O)C1. The first-order valence-electron chi connectivity index (χ1n) is 6.71. The Balaban J connectivity index is 2.16. The smallest absolute Gasteiger partial charge is 0.0812 e. The summed E-state index contributed by atoms with van der Waals surface area (Å²) >= 11 is 7.15. The van der Waals surface area contributed by atoms with Gasteiger partial charge in [-0.3, -0.25) is 0 Å². The summed E-state index contributed by atoms with van der Waals surface area (Å²) in [6, 6.07) is 8.19. The summed E-state index contributed by atoms with van der Waals surface area (Å²) in [6.45, 7) is 4.43. The molecule has 0 saturated heterocycles. The van der Waals surface area contributed by atoms with Crippen molar-refractivity contribution >= 4 is 31.9 Å². The molecular formula is C16H17Br2NO. The lowest BCUT2D eigenvalue weighted by molar-refractivity contribution is 0.0987. The van der Waals surface area contributed by atoms with Gasteiger partial charge in [0, 0.05) is 26.4 Å². The van der Waals surface area contributed by atoms with Crippen molar-refractivity contribution < 1.29 is 5.11 Å². The minimum Gasteiger partial charge on any atom is -0.388 e. The van der Waals surface area contributed by atoms with E-state index < -0.39 is 0 Å². The lowest BCUT2D eigenvalue weighted by Crippen LogP contribution is -2.26. The molecule has 1 aliphatic rings. The average Bonchev–Trinajstić information content (AvgIpc) is 2.74. The topological polar surface area (TPSA) is 25.2 Å². The normalized spacial score (nSPS) is 20.8. The van der Waals surface area contributed by atoms with Crippen molar-refractivity contribution in [2.24, 2.45) is 5.41 Å². The van der Waals surface area contributed by atoms with Crippen LogP contribution in [0.5, 0.6) is 0 Å². The molecule has 1 aromatic carbocycles. The van der Waals surface area contributed by atoms with Crippen LogP contribution in [-0.4, -0.2) is 9.67 Å². The Morgan fingerprint density at radius 1 is 1.25 bits per heavy atom. The summed E-state index contributed by atoms with van der Waals surface area (Å²) in [5.74, 6) is 0. The Morgan fingerprint density at radius 3 is 2.75 bits per heavy atom. The van der Waals surface area contributed by atoms with Gasteiger partial charge in [-0.2, -0.15) is 0 Å². The highest BCUT2D eigenvalue weighted by atomic mass is 79.9. The second-order valence-electron chi connectivity index (χ2n) is 6.24. The molecule has 20 heavy (non-hydrogen) atoms. The van der Waals surface area contributed by atoms with Crippen LogP contribution in [0.4, 0.5) is 0 Å². The number of aliphatic hydroxyl groups excluding tert-OH is 1. The van der Waals surface area contributed by atoms with Crippen LogP contribution in [0.2, 0.25) is 0 Å². The number of fused-ring (bicyclic) bond motifs is 1. The Morgan fingerprint density at radius 2 is 2.00 bits per heavy atom. The zero-order chi connectivity index (χ0) is 14.5. The van der Waals surface area contributed by atoms with E-state index in [0.29, 0.717) is 0 Å². The minimum atomic E-state index is -0.360. The van der Waals surface area contributed by atoms with Gasteiger partial charge in [0.2, 0.25) is 0 Å². The number of rotatable bonds is 1. The van der Waals surface area contributed by atoms with Crippen LogP contribution in [0.1, 0.15) is 37.6 Å². The van der Waals surface area contributed by atoms with Gasteiger partial charge in [0.15, 0.2) is 0 Å². The number of benzene rings is 1. The van der Waals surface area contributed by atoms with Gasteiger partial charge < -0.3 is 9.67 Å². The Kier molecular flexibility index (Phi) is 3.59. The standard InChI is InChI=1S/C16H17Br2NO/c1-16(2)8-14-11(15(20)9-16)5-6-19(14)13-7-10(17)3-4-12(13)18/h3-7,15,20H,8-9H2,1-2H3. The first-order valence-corrected chi connectivity index (χ1v) is 8.30. The maximum absolute atomic E-state index is 10.3. The van der Waals surface area contributed by atoms with Crippen molar-refractivity contribution in [2.45, 2.75) is 32.8 Å². The van der Waals surface area contributed by atoms with Crippen molar-refractivity contribution in [3.63, 3.8) is 0 Å². The number of aromatic nitrogens is 1. The van der Waals surface area contributed by atoms with E-state index in [0.717, 1.165) is 33.0 Å². The Labute approximate surface area is 136 Å². The van der Waals surface area contributed by atoms with Gasteiger partial charge in [-0.15, -0.1) is 0 Å². The fourth-order valence-electron chi connectivity index (χ4n) is 3.03. The molecule has 0 amide bonds. The number of halogens is 2. The van der Waals surface area contributed by atoms with E-state index in [2.05, 4.69) is 62.5 Å². The summed E-state index contributed by atoms with van der Waals surface area (Å²) in [5.41, 5.74) is 3.51. The summed E-state index contributed by atoms with van der Waals surface area (Å²) in [4.78, 5) is 0. The molecule has 106 valence electrons. The van der Waals surface area contributed by atoms with Crippen molar-refractivity contribution in [3.05, 3.63) is 50.7 Å². The molecule has 0 fully saturated rings. The first kappa shape index (κ1) is 14.4. The number of nitrogens with zero attached hydrogens (tertiary/aromatic N) is 1. The number of hydrogen-bond donors (Lipinski definition) is 1. The van der Waals surface area contributed by atoms with Gasteiger partial charge >= 0.3 is 0 Å². The number of aliphatic hydroxyl groups is 1. The second-order valence-corrected chi connectivity index (χ2v) is 8.01. The molecule has 1 atom stereocenters. The maximum atomic E-state index is 10.3. The van der Waals surface area contributed by atoms with Gasteiger partial charge in [-0.25, -0.2) is 0 Å². The molecule has 2 nitrogen and oxygen atoms in total. The van der Waals surface area contributed by atoms with E-state index >= 15 is 0 Å². The van der Waals surface area contributed by atoms with E-state index in [1.54, 1.807) is 0 Å². The third-order valence-electron chi connectivity index (χ3n) is 3.95. The van der Waals surface area contributed by atoms with Crippen LogP contribution >= 0.6 is 31.9 Å². The molecule has 2 aromatic rings. The highest BCUT2D eigenvalue weighted by Crippen LogP contribution is 2.42. The molecule has 0 radical (unpaired) electrons. The van der Waals surface area contributed by atoms with Gasteiger partial charge in [-0.05, 0) is 58.5 Å². The summed E-state index contributed by atoms with van der Waals surface area (Å²) < 4.78 is 4.29. The maximum Gasteiger partial charge on any atom is 0.0812 e. The monoisotopic (exact) mass is 397 g/mol. The summed E-state index contributed by atoms with van der Waals surface area (Å²) in [5, 5.41) is 10.3. The first-order chi connectivity index (χ1) is 9.37. The molecule has 0 saturated carbocycles. The molecule has 0 bridgehead atoms. The van der Waals surface area contributed by atoms with Gasteiger partial charge in [0.25, 0.3) is 0 Å². The molecule has 0 aliphatic heterocycles. The van der Waals surface area contributed by atoms with Gasteiger partial charge in [0.1, 0.15) is 0 Å². The molecule has 1 aliphatic carbocycles. The Bertz CT molecular complexity index is 660.